The van der Waals surface area contributed by atoms with E-state index in [1.54, 1.807) is 20.8 Å². The Morgan fingerprint density at radius 1 is 0.984 bits per heavy atom. The smallest absolute Gasteiger partial charge is 0.311 e. The number of hydrogen-bond donors (Lipinski definition) is 2. The molecule has 0 aromatic carbocycles. The number of methoxy groups -OCH3 is 2. The molecule has 4 saturated heterocycles. The van der Waals surface area contributed by atoms with Crippen LogP contribution in [0.1, 0.15) is 102 Å². The molecule has 2 bridgehead atoms. The SMILES string of the molecule is C=C1CO[C@H]2[C@H](C)/C(=N/OCOC)[C@H](C)C[C@@](C)(OC1)[C@H](O[C@@H]1O[C@H](C)C[C@H](N(C)C)[C@H]1O)[C@@H](C)[C@H](O[C@H]1C[C@@](C)(OC)[C@@H](OC(C)=O)[C@H](C)O1)[C@@H](C)C(=O)O[C@@H](CC)[C@@]2(C)O. The maximum atomic E-state index is 14.7. The summed E-state index contributed by atoms with van der Waals surface area (Å²) in [7, 11) is 6.84. The topological polar surface area (TPSA) is 192 Å². The monoisotopic (exact) mass is 887 g/mol. The summed E-state index contributed by atoms with van der Waals surface area (Å²) in [5.74, 6) is -3.84. The lowest BCUT2D eigenvalue weighted by Gasteiger charge is -2.50. The van der Waals surface area contributed by atoms with Crippen LogP contribution in [0.4, 0.5) is 0 Å². The molecule has 0 aliphatic carbocycles. The Hall–Kier alpha value is -2.29. The predicted octanol–water partition coefficient (Wildman–Crippen LogP) is 4.38. The van der Waals surface area contributed by atoms with E-state index in [0.29, 0.717) is 17.7 Å². The molecule has 0 aromatic heterocycles. The van der Waals surface area contributed by atoms with Crippen molar-refractivity contribution in [1.29, 1.82) is 0 Å². The Morgan fingerprint density at radius 2 is 1.66 bits per heavy atom. The van der Waals surface area contributed by atoms with Crippen molar-refractivity contribution in [2.24, 2.45) is 28.8 Å². The molecule has 0 saturated carbocycles. The first-order chi connectivity index (χ1) is 28.9. The lowest BCUT2D eigenvalue weighted by Crippen LogP contribution is -2.62. The number of cyclic esters (lactones) is 1. The highest BCUT2D eigenvalue weighted by Crippen LogP contribution is 2.43. The molecule has 4 fully saturated rings. The first kappa shape index (κ1) is 52.3. The molecule has 0 spiro atoms. The second-order valence-corrected chi connectivity index (χ2v) is 19.0. The number of aliphatic hydroxyl groups is 2. The van der Waals surface area contributed by atoms with Gasteiger partial charge in [0.05, 0.1) is 61.0 Å². The summed E-state index contributed by atoms with van der Waals surface area (Å²) in [6.07, 6.45) is -7.62. The van der Waals surface area contributed by atoms with Gasteiger partial charge in [-0.3, -0.25) is 9.59 Å². The Morgan fingerprint density at radius 3 is 2.26 bits per heavy atom. The van der Waals surface area contributed by atoms with E-state index in [2.05, 4.69) is 11.7 Å². The largest absolute Gasteiger partial charge is 0.459 e. The maximum Gasteiger partial charge on any atom is 0.311 e. The zero-order valence-corrected chi connectivity index (χ0v) is 39.9. The van der Waals surface area contributed by atoms with E-state index in [0.717, 1.165) is 0 Å². The van der Waals surface area contributed by atoms with E-state index < -0.39 is 108 Å². The number of hydrogen-bond acceptors (Lipinski definition) is 17. The molecular formula is C45H78N2O15. The molecule has 2 N–H and O–H groups in total. The normalized spacial score (nSPS) is 44.8. The summed E-state index contributed by atoms with van der Waals surface area (Å²) in [6.45, 7) is 23.9. The molecule has 0 aromatic rings. The number of carbonyl (C=O) groups is 2. The van der Waals surface area contributed by atoms with Gasteiger partial charge in [0.15, 0.2) is 18.7 Å². The maximum absolute atomic E-state index is 14.7. The fourth-order valence-corrected chi connectivity index (χ4v) is 10.1. The van der Waals surface area contributed by atoms with Crippen molar-refractivity contribution in [3.05, 3.63) is 12.2 Å². The van der Waals surface area contributed by atoms with Crippen LogP contribution in [-0.4, -0.2) is 165 Å². The van der Waals surface area contributed by atoms with E-state index in [4.69, 9.17) is 52.2 Å². The van der Waals surface area contributed by atoms with Crippen molar-refractivity contribution in [2.45, 2.75) is 186 Å². The molecule has 17 heteroatoms. The number of nitrogens with zero attached hydrogens (tertiary/aromatic N) is 2. The molecule has 0 amide bonds. The molecule has 4 rings (SSSR count). The second-order valence-electron chi connectivity index (χ2n) is 19.0. The molecular weight excluding hydrogens is 808 g/mol. The number of esters is 2. The molecule has 18 atom stereocenters. The quantitative estimate of drug-likeness (QED) is 0.0976. The second kappa shape index (κ2) is 21.8. The van der Waals surface area contributed by atoms with E-state index in [1.807, 2.05) is 67.5 Å². The number of carbonyl (C=O) groups excluding carboxylic acids is 2. The molecule has 0 unspecified atom stereocenters. The van der Waals surface area contributed by atoms with Crippen LogP contribution in [0.5, 0.6) is 0 Å². The first-order valence-electron chi connectivity index (χ1n) is 22.2. The molecule has 17 nitrogen and oxygen atoms in total. The highest BCUT2D eigenvalue weighted by molar-refractivity contribution is 5.89. The lowest BCUT2D eigenvalue weighted by atomic mass is 9.73. The number of rotatable bonds is 11. The summed E-state index contributed by atoms with van der Waals surface area (Å²) < 4.78 is 63.7. The van der Waals surface area contributed by atoms with Crippen LogP contribution in [0, 0.1) is 23.7 Å². The molecule has 62 heavy (non-hydrogen) atoms. The number of oxime groups is 1. The Kier molecular flexibility index (Phi) is 18.4. The molecule has 4 aliphatic heterocycles. The van der Waals surface area contributed by atoms with Gasteiger partial charge in [0.25, 0.3) is 0 Å². The Balaban J connectivity index is 1.98. The zero-order chi connectivity index (χ0) is 46.5. The van der Waals surface area contributed by atoms with Gasteiger partial charge in [-0.15, -0.1) is 0 Å². The Bertz CT molecular complexity index is 1530. The fraction of sp³-hybridized carbons (Fsp3) is 0.889. The summed E-state index contributed by atoms with van der Waals surface area (Å²) in [5.41, 5.74) is -2.89. The third-order valence-electron chi connectivity index (χ3n) is 13.5. The summed E-state index contributed by atoms with van der Waals surface area (Å²) in [4.78, 5) is 34.5. The minimum atomic E-state index is -1.75. The van der Waals surface area contributed by atoms with Crippen LogP contribution in [0.3, 0.4) is 0 Å². The first-order valence-corrected chi connectivity index (χ1v) is 22.2. The molecule has 4 aliphatic rings. The van der Waals surface area contributed by atoms with Crippen molar-refractivity contribution in [3.8, 4) is 0 Å². The number of fused-ring (bicyclic) bond motifs is 5. The van der Waals surface area contributed by atoms with Gasteiger partial charge in [-0.2, -0.15) is 0 Å². The van der Waals surface area contributed by atoms with Crippen molar-refractivity contribution < 1.29 is 72.0 Å². The van der Waals surface area contributed by atoms with Gasteiger partial charge in [-0.1, -0.05) is 39.4 Å². The molecule has 0 radical (unpaired) electrons. The van der Waals surface area contributed by atoms with E-state index in [1.165, 1.54) is 21.1 Å². The van der Waals surface area contributed by atoms with Crippen LogP contribution < -0.4 is 0 Å². The van der Waals surface area contributed by atoms with Gasteiger partial charge in [0.2, 0.25) is 6.79 Å². The van der Waals surface area contributed by atoms with Crippen LogP contribution in [-0.2, 0) is 61.8 Å². The predicted molar refractivity (Wildman–Crippen MR) is 228 cm³/mol. The third kappa shape index (κ3) is 11.9. The van der Waals surface area contributed by atoms with E-state index >= 15 is 0 Å². The minimum absolute atomic E-state index is 0.00566. The van der Waals surface area contributed by atoms with Crippen LogP contribution >= 0.6 is 0 Å². The average Bonchev–Trinajstić information content (AvgIpc) is 3.21. The Labute approximate surface area is 369 Å². The average molecular weight is 887 g/mol. The van der Waals surface area contributed by atoms with Crippen LogP contribution in [0.2, 0.25) is 0 Å². The van der Waals surface area contributed by atoms with Gasteiger partial charge in [-0.05, 0) is 80.5 Å². The van der Waals surface area contributed by atoms with Gasteiger partial charge in [-0.25, -0.2) is 0 Å². The summed E-state index contributed by atoms with van der Waals surface area (Å²) >= 11 is 0. The molecule has 358 valence electrons. The number of ether oxygens (including phenoxy) is 10. The van der Waals surface area contributed by atoms with E-state index in [9.17, 15) is 19.8 Å². The zero-order valence-electron chi connectivity index (χ0n) is 39.9. The highest BCUT2D eigenvalue weighted by Gasteiger charge is 2.55. The summed E-state index contributed by atoms with van der Waals surface area (Å²) in [5, 5.41) is 29.1. The van der Waals surface area contributed by atoms with Crippen molar-refractivity contribution >= 4 is 17.7 Å². The van der Waals surface area contributed by atoms with Crippen LogP contribution in [0.25, 0.3) is 0 Å². The number of likely N-dealkylation sites (N-methyl/N-ethyl adjacent to an activating group) is 1. The van der Waals surface area contributed by atoms with E-state index in [-0.39, 0.29) is 51.4 Å². The highest BCUT2D eigenvalue weighted by atomic mass is 16.7. The standard InChI is InChI=1S/C45H78N2O15/c1-17-33-45(12,51)39-27(5)35(46-56-23-52-15)25(3)19-44(11,55-22-24(2)21-54-39)38(62-42-36(49)32(47(13)14)18-26(4)57-42)28(6)37(29(7)41(50)60-33)61-34-20-43(10,53-16)40(30(8)58-34)59-31(9)48/h25-30,32-34,36-40,42,49,51H,2,17-23H2,1,3-16H3/b46-35+/t25-,26-,27-,28+,29-,30+,32+,33+,34+,36-,37+,38-,39+,40+,42+,43-,44-,45-/m1/s1. The lowest BCUT2D eigenvalue weighted by molar-refractivity contribution is -0.320. The number of aliphatic hydroxyl groups excluding tert-OH is 1. The van der Waals surface area contributed by atoms with Crippen LogP contribution in [0.15, 0.2) is 17.3 Å². The van der Waals surface area contributed by atoms with Crippen molar-refractivity contribution in [3.63, 3.8) is 0 Å². The summed E-state index contributed by atoms with van der Waals surface area (Å²) in [6, 6.07) is -0.294. The van der Waals surface area contributed by atoms with Crippen molar-refractivity contribution in [1.82, 2.24) is 4.90 Å². The minimum Gasteiger partial charge on any atom is -0.459 e. The third-order valence-corrected chi connectivity index (χ3v) is 13.5. The van der Waals surface area contributed by atoms with Gasteiger partial charge < -0.3 is 67.3 Å². The van der Waals surface area contributed by atoms with Gasteiger partial charge >= 0.3 is 11.9 Å². The van der Waals surface area contributed by atoms with Crippen molar-refractivity contribution in [2.75, 3.05) is 48.3 Å². The van der Waals surface area contributed by atoms with Gasteiger partial charge in [0, 0.05) is 51.4 Å². The fourth-order valence-electron chi connectivity index (χ4n) is 10.1. The van der Waals surface area contributed by atoms with Gasteiger partial charge in [0.1, 0.15) is 23.4 Å². The molecule has 4 heterocycles.